The number of aliphatic carboxylic acids is 1. The zero-order chi connectivity index (χ0) is 20.4. The fraction of sp³-hybridized carbons (Fsp3) is 0.500. The summed E-state index contributed by atoms with van der Waals surface area (Å²) in [5, 5.41) is 12.2. The molecule has 0 aromatic heterocycles. The first kappa shape index (κ1) is 21.8. The predicted molar refractivity (Wildman–Crippen MR) is 109 cm³/mol. The van der Waals surface area contributed by atoms with E-state index in [0.717, 1.165) is 44.6 Å². The van der Waals surface area contributed by atoms with Crippen LogP contribution in [-0.2, 0) is 9.59 Å². The van der Waals surface area contributed by atoms with Crippen LogP contribution in [0.15, 0.2) is 30.3 Å². The lowest BCUT2D eigenvalue weighted by Crippen LogP contribution is -2.46. The number of rotatable bonds is 10. The zero-order valence-electron chi connectivity index (χ0n) is 16.5. The smallest absolute Gasteiger partial charge is 0.306 e. The molecular weight excluding hydrogens is 356 g/mol. The Morgan fingerprint density at radius 1 is 1.21 bits per heavy atom. The summed E-state index contributed by atoms with van der Waals surface area (Å²) in [5.74, 6) is -1.21. The highest BCUT2D eigenvalue weighted by molar-refractivity contribution is 5.96. The highest BCUT2D eigenvalue weighted by Crippen LogP contribution is 2.14. The lowest BCUT2D eigenvalue weighted by molar-refractivity contribution is -0.141. The highest BCUT2D eigenvalue weighted by Gasteiger charge is 2.15. The maximum atomic E-state index is 12.3. The Labute approximate surface area is 166 Å². The second-order valence-electron chi connectivity index (χ2n) is 7.25. The lowest BCUT2D eigenvalue weighted by atomic mass is 9.99. The second kappa shape index (κ2) is 11.4. The first-order valence-electron chi connectivity index (χ1n) is 9.98. The Balaban J connectivity index is 1.76. The van der Waals surface area contributed by atoms with Crippen molar-refractivity contribution in [2.75, 3.05) is 26.2 Å². The summed E-state index contributed by atoms with van der Waals surface area (Å²) >= 11 is 0. The van der Waals surface area contributed by atoms with Gasteiger partial charge in [0.15, 0.2) is 5.78 Å². The number of carboxylic acids is 1. The van der Waals surface area contributed by atoms with Crippen molar-refractivity contribution in [3.63, 3.8) is 0 Å². The molecule has 6 nitrogen and oxygen atoms in total. The number of carboxylic acid groups (broad SMARTS) is 1. The fourth-order valence-electron chi connectivity index (χ4n) is 3.09. The van der Waals surface area contributed by atoms with Gasteiger partial charge >= 0.3 is 5.97 Å². The molecule has 0 aliphatic carbocycles. The van der Waals surface area contributed by atoms with E-state index in [1.165, 1.54) is 0 Å². The third kappa shape index (κ3) is 7.27. The van der Waals surface area contributed by atoms with Gasteiger partial charge in [0.2, 0.25) is 5.91 Å². The molecule has 0 spiro atoms. The Morgan fingerprint density at radius 3 is 2.68 bits per heavy atom. The number of piperazine rings is 1. The standard InChI is InChI=1S/C22H30N2O4/c1-17(22(27)28)10-11-20(25)19-8-5-7-18(16-19)6-3-2-4-9-21(26)24-14-12-23-13-15-24/h3,5-8,16-17,23H,2,4,9-15H2,1H3,(H,27,28)/b6-3-/t17-/m0/s1. The van der Waals surface area contributed by atoms with Gasteiger partial charge in [0.1, 0.15) is 0 Å². The van der Waals surface area contributed by atoms with Gasteiger partial charge in [0.25, 0.3) is 0 Å². The molecule has 0 unspecified atom stereocenters. The second-order valence-corrected chi connectivity index (χ2v) is 7.25. The maximum absolute atomic E-state index is 12.3. The van der Waals surface area contributed by atoms with Gasteiger partial charge in [-0.05, 0) is 30.9 Å². The fourth-order valence-corrected chi connectivity index (χ4v) is 3.09. The molecule has 1 aromatic carbocycles. The number of benzene rings is 1. The number of Topliss-reactive ketones (excluding diaryl/α,β-unsaturated/α-hetero) is 1. The van der Waals surface area contributed by atoms with Crippen molar-refractivity contribution in [1.29, 1.82) is 0 Å². The summed E-state index contributed by atoms with van der Waals surface area (Å²) in [6.07, 6.45) is 6.75. The molecule has 1 heterocycles. The summed E-state index contributed by atoms with van der Waals surface area (Å²) in [5.41, 5.74) is 1.54. The largest absolute Gasteiger partial charge is 0.481 e. The molecule has 2 N–H and O–H groups in total. The van der Waals surface area contributed by atoms with Crippen LogP contribution in [0.5, 0.6) is 0 Å². The normalized spacial score (nSPS) is 15.5. The molecule has 0 radical (unpaired) electrons. The van der Waals surface area contributed by atoms with Gasteiger partial charge in [-0.2, -0.15) is 0 Å². The minimum absolute atomic E-state index is 0.0371. The number of nitrogens with zero attached hydrogens (tertiary/aromatic N) is 1. The number of unbranched alkanes of at least 4 members (excludes halogenated alkanes) is 1. The number of hydrogen-bond donors (Lipinski definition) is 2. The van der Waals surface area contributed by atoms with E-state index in [9.17, 15) is 14.4 Å². The van der Waals surface area contributed by atoms with Crippen molar-refractivity contribution in [2.24, 2.45) is 5.92 Å². The average molecular weight is 386 g/mol. The SMILES string of the molecule is C[C@@H](CCC(=O)c1cccc(/C=C\CCCC(=O)N2CCNCC2)c1)C(=O)O. The minimum Gasteiger partial charge on any atom is -0.481 e. The molecule has 1 fully saturated rings. The molecule has 1 aliphatic heterocycles. The third-order valence-corrected chi connectivity index (χ3v) is 4.98. The third-order valence-electron chi connectivity index (χ3n) is 4.98. The quantitative estimate of drug-likeness (QED) is 0.477. The Morgan fingerprint density at radius 2 is 1.96 bits per heavy atom. The molecular formula is C22H30N2O4. The number of hydrogen-bond acceptors (Lipinski definition) is 4. The summed E-state index contributed by atoms with van der Waals surface area (Å²) < 4.78 is 0. The number of amides is 1. The van der Waals surface area contributed by atoms with Crippen LogP contribution in [0, 0.1) is 5.92 Å². The van der Waals surface area contributed by atoms with Crippen LogP contribution in [0.25, 0.3) is 6.08 Å². The van der Waals surface area contributed by atoms with Crippen molar-refractivity contribution in [3.8, 4) is 0 Å². The van der Waals surface area contributed by atoms with Gasteiger partial charge < -0.3 is 15.3 Å². The van der Waals surface area contributed by atoms with E-state index >= 15 is 0 Å². The van der Waals surface area contributed by atoms with E-state index in [4.69, 9.17) is 5.11 Å². The first-order valence-corrected chi connectivity index (χ1v) is 9.98. The van der Waals surface area contributed by atoms with E-state index < -0.39 is 11.9 Å². The molecule has 1 saturated heterocycles. The van der Waals surface area contributed by atoms with Crippen molar-refractivity contribution in [2.45, 2.75) is 39.0 Å². The van der Waals surface area contributed by atoms with E-state index in [2.05, 4.69) is 5.32 Å². The van der Waals surface area contributed by atoms with Crippen molar-refractivity contribution < 1.29 is 19.5 Å². The minimum atomic E-state index is -0.875. The molecule has 1 aromatic rings. The average Bonchev–Trinajstić information content (AvgIpc) is 2.72. The van der Waals surface area contributed by atoms with Crippen LogP contribution < -0.4 is 5.32 Å². The molecule has 0 bridgehead atoms. The van der Waals surface area contributed by atoms with E-state index in [0.29, 0.717) is 18.4 Å². The van der Waals surface area contributed by atoms with Gasteiger partial charge in [-0.15, -0.1) is 0 Å². The number of ketones is 1. The Bertz CT molecular complexity index is 708. The molecule has 152 valence electrons. The van der Waals surface area contributed by atoms with Gasteiger partial charge in [-0.1, -0.05) is 37.3 Å². The first-order chi connectivity index (χ1) is 13.5. The van der Waals surface area contributed by atoms with Gasteiger partial charge in [-0.25, -0.2) is 0 Å². The molecule has 2 rings (SSSR count). The van der Waals surface area contributed by atoms with Gasteiger partial charge in [0.05, 0.1) is 5.92 Å². The molecule has 28 heavy (non-hydrogen) atoms. The van der Waals surface area contributed by atoms with Crippen LogP contribution in [0.3, 0.4) is 0 Å². The number of carbonyl (C=O) groups excluding carboxylic acids is 2. The van der Waals surface area contributed by atoms with Crippen LogP contribution in [-0.4, -0.2) is 53.8 Å². The topological polar surface area (TPSA) is 86.7 Å². The zero-order valence-corrected chi connectivity index (χ0v) is 16.5. The van der Waals surface area contributed by atoms with Crippen LogP contribution >= 0.6 is 0 Å². The monoisotopic (exact) mass is 386 g/mol. The molecule has 1 atom stereocenters. The maximum Gasteiger partial charge on any atom is 0.306 e. The van der Waals surface area contributed by atoms with Crippen molar-refractivity contribution >= 4 is 23.7 Å². The molecule has 1 amide bonds. The van der Waals surface area contributed by atoms with E-state index in [-0.39, 0.29) is 18.1 Å². The highest BCUT2D eigenvalue weighted by atomic mass is 16.4. The molecule has 1 aliphatic rings. The van der Waals surface area contributed by atoms with Crippen molar-refractivity contribution in [1.82, 2.24) is 10.2 Å². The number of carbonyl (C=O) groups is 3. The van der Waals surface area contributed by atoms with Crippen LogP contribution in [0.2, 0.25) is 0 Å². The van der Waals surface area contributed by atoms with E-state index in [1.807, 2.05) is 35.3 Å². The summed E-state index contributed by atoms with van der Waals surface area (Å²) in [7, 11) is 0. The predicted octanol–water partition coefficient (Wildman–Crippen LogP) is 2.99. The van der Waals surface area contributed by atoms with Crippen LogP contribution in [0.1, 0.15) is 54.9 Å². The molecule has 6 heteroatoms. The summed E-state index contributed by atoms with van der Waals surface area (Å²) in [4.78, 5) is 37.1. The summed E-state index contributed by atoms with van der Waals surface area (Å²) in [6.45, 7) is 4.94. The lowest BCUT2D eigenvalue weighted by Gasteiger charge is -2.27. The number of allylic oxidation sites excluding steroid dienone is 1. The Kier molecular flexibility index (Phi) is 8.88. The number of nitrogens with one attached hydrogen (secondary N) is 1. The van der Waals surface area contributed by atoms with Gasteiger partial charge in [-0.3, -0.25) is 14.4 Å². The summed E-state index contributed by atoms with van der Waals surface area (Å²) in [6, 6.07) is 7.36. The van der Waals surface area contributed by atoms with Crippen molar-refractivity contribution in [3.05, 3.63) is 41.5 Å². The van der Waals surface area contributed by atoms with Gasteiger partial charge in [0, 0.05) is 44.6 Å². The molecule has 0 saturated carbocycles. The van der Waals surface area contributed by atoms with Crippen LogP contribution in [0.4, 0.5) is 0 Å². The van der Waals surface area contributed by atoms with E-state index in [1.54, 1.807) is 13.0 Å². The Hall–Kier alpha value is -2.47.